The van der Waals surface area contributed by atoms with Crippen LogP contribution in [0, 0.1) is 0 Å². The first-order valence-corrected chi connectivity index (χ1v) is 9.69. The fourth-order valence-electron chi connectivity index (χ4n) is 3.01. The number of pyridine rings is 2. The van der Waals surface area contributed by atoms with Crippen molar-refractivity contribution in [2.45, 2.75) is 24.1 Å². The van der Waals surface area contributed by atoms with Crippen molar-refractivity contribution in [2.24, 2.45) is 0 Å². The van der Waals surface area contributed by atoms with Gasteiger partial charge in [0.05, 0.1) is 19.6 Å². The summed E-state index contributed by atoms with van der Waals surface area (Å²) in [5, 5.41) is 0. The van der Waals surface area contributed by atoms with Crippen molar-refractivity contribution in [1.29, 1.82) is 0 Å². The Kier molecular flexibility index (Phi) is 4.44. The van der Waals surface area contributed by atoms with Crippen LogP contribution in [-0.4, -0.2) is 39.9 Å². The minimum Gasteiger partial charge on any atom is -0.471 e. The summed E-state index contributed by atoms with van der Waals surface area (Å²) in [4.78, 5) is 8.30. The Hall–Kier alpha value is -2.71. The largest absolute Gasteiger partial charge is 0.471 e. The van der Waals surface area contributed by atoms with E-state index < -0.39 is 10.0 Å². The number of ether oxygens (including phenoxy) is 1. The molecule has 0 saturated heterocycles. The van der Waals surface area contributed by atoms with Gasteiger partial charge >= 0.3 is 0 Å². The lowest BCUT2D eigenvalue weighted by Crippen LogP contribution is -2.38. The van der Waals surface area contributed by atoms with Crippen molar-refractivity contribution in [3.63, 3.8) is 0 Å². The third-order valence-corrected chi connectivity index (χ3v) is 6.06. The van der Waals surface area contributed by atoms with Gasteiger partial charge in [-0.2, -0.15) is 4.31 Å². The maximum absolute atomic E-state index is 13.1. The number of hydrogen-bond donors (Lipinski definition) is 0. The minimum atomic E-state index is -3.67. The molecule has 0 saturated carbocycles. The zero-order valence-corrected chi connectivity index (χ0v) is 14.8. The van der Waals surface area contributed by atoms with Gasteiger partial charge in [-0.3, -0.25) is 4.98 Å². The lowest BCUT2D eigenvalue weighted by Gasteiger charge is -2.24. The number of hydrogen-bond acceptors (Lipinski definition) is 5. The SMILES string of the molecule is O=S(=O)(c1cccnc1)N1Cc2cccn2C[C@H](Oc2ccccn2)C1. The van der Waals surface area contributed by atoms with Gasteiger partial charge in [-0.25, -0.2) is 13.4 Å². The Balaban J connectivity index is 1.66. The van der Waals surface area contributed by atoms with Gasteiger partial charge in [-0.1, -0.05) is 6.07 Å². The van der Waals surface area contributed by atoms with E-state index in [9.17, 15) is 8.42 Å². The number of aromatic nitrogens is 3. The van der Waals surface area contributed by atoms with Crippen molar-refractivity contribution in [3.8, 4) is 5.88 Å². The van der Waals surface area contributed by atoms with Crippen LogP contribution in [-0.2, 0) is 23.1 Å². The molecule has 0 spiro atoms. The van der Waals surface area contributed by atoms with Gasteiger partial charge in [0.15, 0.2) is 0 Å². The zero-order valence-electron chi connectivity index (χ0n) is 14.0. The number of fused-ring (bicyclic) bond motifs is 1. The molecular weight excluding hydrogens is 352 g/mol. The molecule has 0 radical (unpaired) electrons. The number of nitrogens with zero attached hydrogens (tertiary/aromatic N) is 4. The molecule has 26 heavy (non-hydrogen) atoms. The first-order valence-electron chi connectivity index (χ1n) is 8.25. The van der Waals surface area contributed by atoms with Crippen LogP contribution in [0.3, 0.4) is 0 Å². The lowest BCUT2D eigenvalue weighted by molar-refractivity contribution is 0.154. The van der Waals surface area contributed by atoms with E-state index >= 15 is 0 Å². The summed E-state index contributed by atoms with van der Waals surface area (Å²) in [6.45, 7) is 1.07. The maximum Gasteiger partial charge on any atom is 0.245 e. The van der Waals surface area contributed by atoms with Crippen molar-refractivity contribution in [1.82, 2.24) is 18.8 Å². The normalized spacial score (nSPS) is 18.1. The van der Waals surface area contributed by atoms with E-state index in [1.54, 1.807) is 30.6 Å². The number of sulfonamides is 1. The summed E-state index contributed by atoms with van der Waals surface area (Å²) in [5.74, 6) is 0.479. The van der Waals surface area contributed by atoms with E-state index in [0.717, 1.165) is 5.69 Å². The van der Waals surface area contributed by atoms with E-state index in [0.29, 0.717) is 12.4 Å². The monoisotopic (exact) mass is 370 g/mol. The molecule has 0 aromatic carbocycles. The van der Waals surface area contributed by atoms with Crippen LogP contribution >= 0.6 is 0 Å². The van der Waals surface area contributed by atoms with Gasteiger partial charge in [-0.15, -0.1) is 0 Å². The molecule has 3 aromatic rings. The molecule has 8 heteroatoms. The zero-order chi connectivity index (χ0) is 18.0. The predicted octanol–water partition coefficient (Wildman–Crippen LogP) is 1.93. The molecule has 0 amide bonds. The second kappa shape index (κ2) is 6.89. The summed E-state index contributed by atoms with van der Waals surface area (Å²) in [6.07, 6.45) is 6.15. The highest BCUT2D eigenvalue weighted by molar-refractivity contribution is 7.89. The molecule has 1 aliphatic rings. The number of rotatable bonds is 4. The third kappa shape index (κ3) is 3.33. The van der Waals surface area contributed by atoms with Crippen LogP contribution in [0.5, 0.6) is 5.88 Å². The lowest BCUT2D eigenvalue weighted by atomic mass is 10.3. The van der Waals surface area contributed by atoms with Gasteiger partial charge in [0.1, 0.15) is 11.0 Å². The van der Waals surface area contributed by atoms with Crippen LogP contribution in [0.15, 0.2) is 72.1 Å². The van der Waals surface area contributed by atoms with Crippen LogP contribution in [0.1, 0.15) is 5.69 Å². The van der Waals surface area contributed by atoms with Crippen molar-refractivity contribution >= 4 is 10.0 Å². The Morgan fingerprint density at radius 2 is 1.96 bits per heavy atom. The van der Waals surface area contributed by atoms with E-state index in [1.807, 2.05) is 35.0 Å². The molecule has 1 aliphatic heterocycles. The molecule has 7 nitrogen and oxygen atoms in total. The smallest absolute Gasteiger partial charge is 0.245 e. The molecule has 0 fully saturated rings. The average Bonchev–Trinajstić information content (AvgIpc) is 3.01. The second-order valence-corrected chi connectivity index (χ2v) is 7.98. The highest BCUT2D eigenvalue weighted by Crippen LogP contribution is 2.23. The van der Waals surface area contributed by atoms with Crippen LogP contribution in [0.4, 0.5) is 0 Å². The van der Waals surface area contributed by atoms with E-state index in [2.05, 4.69) is 9.97 Å². The molecule has 134 valence electrons. The second-order valence-electron chi connectivity index (χ2n) is 6.05. The Labute approximate surface area is 151 Å². The first kappa shape index (κ1) is 16.7. The van der Waals surface area contributed by atoms with E-state index in [-0.39, 0.29) is 24.1 Å². The summed E-state index contributed by atoms with van der Waals surface area (Å²) in [7, 11) is -3.67. The maximum atomic E-state index is 13.1. The van der Waals surface area contributed by atoms with Gasteiger partial charge in [-0.05, 0) is 30.3 Å². The summed E-state index contributed by atoms with van der Waals surface area (Å²) in [6, 6.07) is 12.4. The molecular formula is C18H18N4O3S. The van der Waals surface area contributed by atoms with Crippen LogP contribution in [0.25, 0.3) is 0 Å². The highest BCUT2D eigenvalue weighted by Gasteiger charge is 2.32. The molecule has 3 aromatic heterocycles. The van der Waals surface area contributed by atoms with Gasteiger partial charge in [0, 0.05) is 36.5 Å². The standard InChI is InChI=1S/C18H18N4O3S/c23-26(24,17-6-3-8-19-11-17)22-12-15-5-4-10-21(15)13-16(14-22)25-18-7-1-2-9-20-18/h1-11,16H,12-14H2/t16-/m0/s1. The minimum absolute atomic E-state index is 0.177. The third-order valence-electron chi connectivity index (χ3n) is 4.27. The summed E-state index contributed by atoms with van der Waals surface area (Å²) in [5.41, 5.74) is 0.921. The Morgan fingerprint density at radius 1 is 1.04 bits per heavy atom. The summed E-state index contributed by atoms with van der Waals surface area (Å²) >= 11 is 0. The van der Waals surface area contributed by atoms with Gasteiger partial charge in [0.2, 0.25) is 15.9 Å². The average molecular weight is 370 g/mol. The molecule has 0 aliphatic carbocycles. The topological polar surface area (TPSA) is 77.3 Å². The fraction of sp³-hybridized carbons (Fsp3) is 0.222. The van der Waals surface area contributed by atoms with Gasteiger partial charge < -0.3 is 9.30 Å². The quantitative estimate of drug-likeness (QED) is 0.701. The van der Waals surface area contributed by atoms with Crippen LogP contribution in [0.2, 0.25) is 0 Å². The first-order chi connectivity index (χ1) is 12.6. The summed E-state index contributed by atoms with van der Waals surface area (Å²) < 4.78 is 35.6. The molecule has 0 bridgehead atoms. The Bertz CT molecular complexity index is 974. The molecule has 4 heterocycles. The fourth-order valence-corrected chi connectivity index (χ4v) is 4.42. The predicted molar refractivity (Wildman–Crippen MR) is 94.9 cm³/mol. The van der Waals surface area contributed by atoms with E-state index in [4.69, 9.17) is 4.74 Å². The van der Waals surface area contributed by atoms with Crippen molar-refractivity contribution in [2.75, 3.05) is 6.54 Å². The Morgan fingerprint density at radius 3 is 2.73 bits per heavy atom. The highest BCUT2D eigenvalue weighted by atomic mass is 32.2. The molecule has 4 rings (SSSR count). The molecule has 0 N–H and O–H groups in total. The molecule has 1 atom stereocenters. The van der Waals surface area contributed by atoms with Gasteiger partial charge in [0.25, 0.3) is 0 Å². The van der Waals surface area contributed by atoms with Crippen LogP contribution < -0.4 is 4.74 Å². The van der Waals surface area contributed by atoms with Crippen molar-refractivity contribution in [3.05, 3.63) is 72.9 Å². The molecule has 0 unspecified atom stereocenters. The van der Waals surface area contributed by atoms with Crippen molar-refractivity contribution < 1.29 is 13.2 Å². The van der Waals surface area contributed by atoms with E-state index in [1.165, 1.54) is 10.5 Å².